The lowest BCUT2D eigenvalue weighted by Crippen LogP contribution is -2.45. The average Bonchev–Trinajstić information content (AvgIpc) is 2.36. The molecule has 0 bridgehead atoms. The molecular weight excluding hydrogens is 333 g/mol. The van der Waals surface area contributed by atoms with E-state index in [0.717, 1.165) is 0 Å². The lowest BCUT2D eigenvalue weighted by molar-refractivity contribution is -0.153. The first-order chi connectivity index (χ1) is 9.92. The van der Waals surface area contributed by atoms with E-state index in [1.54, 1.807) is 13.0 Å². The monoisotopic (exact) mass is 354 g/mol. The van der Waals surface area contributed by atoms with Crippen LogP contribution in [0.15, 0.2) is 18.2 Å². The predicted octanol–water partition coefficient (Wildman–Crippen LogP) is 3.67. The van der Waals surface area contributed by atoms with E-state index in [-0.39, 0.29) is 18.2 Å². The lowest BCUT2D eigenvalue weighted by atomic mass is 9.87. The predicted molar refractivity (Wildman–Crippen MR) is 86.0 cm³/mol. The van der Waals surface area contributed by atoms with Crippen LogP contribution in [0, 0.1) is 12.3 Å². The van der Waals surface area contributed by atoms with Crippen molar-refractivity contribution in [1.29, 1.82) is 0 Å². The van der Waals surface area contributed by atoms with Crippen LogP contribution in [0.1, 0.15) is 26.3 Å². The Morgan fingerprint density at radius 3 is 2.35 bits per heavy atom. The molecule has 132 valence electrons. The molecule has 0 fully saturated rings. The Morgan fingerprint density at radius 2 is 1.87 bits per heavy atom. The largest absolute Gasteiger partial charge is 0.484 e. The maximum atomic E-state index is 12.2. The van der Waals surface area contributed by atoms with Crippen LogP contribution in [0.3, 0.4) is 0 Å². The van der Waals surface area contributed by atoms with Gasteiger partial charge in [0.25, 0.3) is 0 Å². The normalized spacial score (nSPS) is 13.0. The number of carbonyl (C=O) groups excluding carboxylic acids is 1. The van der Waals surface area contributed by atoms with E-state index in [4.69, 9.17) is 10.5 Å². The Kier molecular flexibility index (Phi) is 7.37. The number of rotatable bonds is 4. The molecule has 0 saturated carbocycles. The first-order valence-corrected chi connectivity index (χ1v) is 6.77. The molecule has 1 rings (SSSR count). The zero-order valence-electron chi connectivity index (χ0n) is 13.5. The van der Waals surface area contributed by atoms with Crippen LogP contribution in [0.25, 0.3) is 0 Å². The molecule has 4 nitrogen and oxygen atoms in total. The summed E-state index contributed by atoms with van der Waals surface area (Å²) in [5.74, 6) is -0.331. The molecular formula is C15H22ClF3N2O2. The second-order valence-corrected chi connectivity index (χ2v) is 6.17. The fourth-order valence-electron chi connectivity index (χ4n) is 1.67. The molecule has 0 aliphatic carbocycles. The number of ether oxygens (including phenoxy) is 1. The third kappa shape index (κ3) is 6.66. The van der Waals surface area contributed by atoms with Gasteiger partial charge in [-0.1, -0.05) is 26.8 Å². The van der Waals surface area contributed by atoms with Crippen molar-refractivity contribution >= 4 is 24.0 Å². The molecule has 0 aliphatic heterocycles. The molecule has 1 amide bonds. The van der Waals surface area contributed by atoms with Gasteiger partial charge in [-0.3, -0.25) is 4.79 Å². The number of alkyl halides is 3. The zero-order chi connectivity index (χ0) is 17.1. The third-order valence-corrected chi connectivity index (χ3v) is 3.15. The van der Waals surface area contributed by atoms with Crippen LogP contribution < -0.4 is 15.8 Å². The number of hydrogen-bond acceptors (Lipinski definition) is 3. The van der Waals surface area contributed by atoms with Crippen molar-refractivity contribution in [2.45, 2.75) is 39.9 Å². The van der Waals surface area contributed by atoms with E-state index in [9.17, 15) is 18.0 Å². The SMILES string of the molecule is Cc1c(NC(=O)[C@@H](N)C(C)(C)C)cccc1OCC(F)(F)F.Cl. The molecule has 8 heteroatoms. The third-order valence-electron chi connectivity index (χ3n) is 3.15. The topological polar surface area (TPSA) is 64.4 Å². The van der Waals surface area contributed by atoms with Crippen molar-refractivity contribution in [3.8, 4) is 5.75 Å². The summed E-state index contributed by atoms with van der Waals surface area (Å²) in [5.41, 5.74) is 6.22. The van der Waals surface area contributed by atoms with Gasteiger partial charge in [0.15, 0.2) is 6.61 Å². The standard InChI is InChI=1S/C15H21F3N2O2.ClH/c1-9-10(20-13(21)12(19)14(2,3)4)6-5-7-11(9)22-8-15(16,17)18;/h5-7,12H,8,19H2,1-4H3,(H,20,21);1H/t12-;/m1./s1. The highest BCUT2D eigenvalue weighted by Gasteiger charge is 2.29. The summed E-state index contributed by atoms with van der Waals surface area (Å²) < 4.78 is 41.4. The quantitative estimate of drug-likeness (QED) is 0.867. The first kappa shape index (κ1) is 21.5. The van der Waals surface area contributed by atoms with Gasteiger partial charge >= 0.3 is 6.18 Å². The molecule has 1 aromatic rings. The number of carbonyl (C=O) groups is 1. The van der Waals surface area contributed by atoms with Crippen LogP contribution in [0.2, 0.25) is 0 Å². The highest BCUT2D eigenvalue weighted by Crippen LogP contribution is 2.28. The van der Waals surface area contributed by atoms with Crippen molar-refractivity contribution in [3.05, 3.63) is 23.8 Å². The fourth-order valence-corrected chi connectivity index (χ4v) is 1.67. The van der Waals surface area contributed by atoms with E-state index in [0.29, 0.717) is 11.3 Å². The Bertz CT molecular complexity index is 543. The summed E-state index contributed by atoms with van der Waals surface area (Å²) in [4.78, 5) is 12.1. The highest BCUT2D eigenvalue weighted by molar-refractivity contribution is 5.96. The molecule has 0 radical (unpaired) electrons. The number of anilines is 1. The molecule has 0 saturated heterocycles. The van der Waals surface area contributed by atoms with Gasteiger partial charge in [-0.15, -0.1) is 12.4 Å². The van der Waals surface area contributed by atoms with Crippen LogP contribution in [-0.2, 0) is 4.79 Å². The van der Waals surface area contributed by atoms with Gasteiger partial charge in [-0.05, 0) is 24.5 Å². The molecule has 0 unspecified atom stereocenters. The summed E-state index contributed by atoms with van der Waals surface area (Å²) >= 11 is 0. The van der Waals surface area contributed by atoms with Gasteiger partial charge in [-0.25, -0.2) is 0 Å². The van der Waals surface area contributed by atoms with Gasteiger partial charge in [0.05, 0.1) is 6.04 Å². The van der Waals surface area contributed by atoms with Gasteiger partial charge in [0, 0.05) is 11.3 Å². The van der Waals surface area contributed by atoms with Crippen LogP contribution in [0.4, 0.5) is 18.9 Å². The molecule has 0 heterocycles. The first-order valence-electron chi connectivity index (χ1n) is 6.77. The Labute approximate surface area is 140 Å². The van der Waals surface area contributed by atoms with Crippen LogP contribution in [-0.4, -0.2) is 24.7 Å². The van der Waals surface area contributed by atoms with Crippen LogP contribution >= 0.6 is 12.4 Å². The molecule has 1 atom stereocenters. The minimum absolute atomic E-state index is 0. The molecule has 3 N–H and O–H groups in total. The van der Waals surface area contributed by atoms with Crippen molar-refractivity contribution in [2.75, 3.05) is 11.9 Å². The Balaban J connectivity index is 0.00000484. The average molecular weight is 355 g/mol. The second kappa shape index (κ2) is 7.88. The number of amides is 1. The Morgan fingerprint density at radius 1 is 1.30 bits per heavy atom. The highest BCUT2D eigenvalue weighted by atomic mass is 35.5. The van der Waals surface area contributed by atoms with E-state index >= 15 is 0 Å². The van der Waals surface area contributed by atoms with E-state index in [1.165, 1.54) is 12.1 Å². The van der Waals surface area contributed by atoms with E-state index in [1.807, 2.05) is 20.8 Å². The van der Waals surface area contributed by atoms with Crippen LogP contribution in [0.5, 0.6) is 5.75 Å². The van der Waals surface area contributed by atoms with Gasteiger partial charge in [0.2, 0.25) is 5.91 Å². The number of hydrogen-bond donors (Lipinski definition) is 2. The van der Waals surface area contributed by atoms with Gasteiger partial charge in [-0.2, -0.15) is 13.2 Å². The maximum Gasteiger partial charge on any atom is 0.422 e. The van der Waals surface area contributed by atoms with E-state index < -0.39 is 30.1 Å². The summed E-state index contributed by atoms with van der Waals surface area (Å²) in [7, 11) is 0. The number of nitrogens with one attached hydrogen (secondary N) is 1. The van der Waals surface area contributed by atoms with Gasteiger partial charge < -0.3 is 15.8 Å². The molecule has 1 aromatic carbocycles. The second-order valence-electron chi connectivity index (χ2n) is 6.17. The van der Waals surface area contributed by atoms with Crippen molar-refractivity contribution < 1.29 is 22.7 Å². The molecule has 23 heavy (non-hydrogen) atoms. The number of halogens is 4. The molecule has 0 aromatic heterocycles. The number of nitrogens with two attached hydrogens (primary N) is 1. The summed E-state index contributed by atoms with van der Waals surface area (Å²) in [6.07, 6.45) is -4.42. The smallest absolute Gasteiger partial charge is 0.422 e. The molecule has 0 aliphatic rings. The van der Waals surface area contributed by atoms with Crippen molar-refractivity contribution in [1.82, 2.24) is 0 Å². The summed E-state index contributed by atoms with van der Waals surface area (Å²) in [6, 6.07) is 3.77. The van der Waals surface area contributed by atoms with E-state index in [2.05, 4.69) is 5.32 Å². The minimum Gasteiger partial charge on any atom is -0.484 e. The maximum absolute atomic E-state index is 12.2. The Hall–Kier alpha value is -1.47. The van der Waals surface area contributed by atoms with Crippen molar-refractivity contribution in [3.63, 3.8) is 0 Å². The fraction of sp³-hybridized carbons (Fsp3) is 0.533. The van der Waals surface area contributed by atoms with Gasteiger partial charge in [0.1, 0.15) is 5.75 Å². The number of benzene rings is 1. The zero-order valence-corrected chi connectivity index (χ0v) is 14.3. The lowest BCUT2D eigenvalue weighted by Gasteiger charge is -2.26. The summed E-state index contributed by atoms with van der Waals surface area (Å²) in [6.45, 7) is 5.67. The minimum atomic E-state index is -4.42. The summed E-state index contributed by atoms with van der Waals surface area (Å²) in [5, 5.41) is 2.63. The van der Waals surface area contributed by atoms with Crippen molar-refractivity contribution in [2.24, 2.45) is 11.1 Å². The molecule has 0 spiro atoms.